The fraction of sp³-hybridized carbons (Fsp3) is 0.439. The monoisotopic (exact) mass is 680 g/mol. The summed E-state index contributed by atoms with van der Waals surface area (Å²) >= 11 is 0. The maximum Gasteiger partial charge on any atom is 0.342 e. The Kier molecular flexibility index (Phi) is 11.8. The number of aliphatic hydroxyl groups excluding tert-OH is 1. The van der Waals surface area contributed by atoms with E-state index in [-0.39, 0.29) is 35.3 Å². The number of likely N-dealkylation sites (tertiary alicyclic amines) is 1. The van der Waals surface area contributed by atoms with Gasteiger partial charge in [0.2, 0.25) is 0 Å². The lowest BCUT2D eigenvalue weighted by Crippen LogP contribution is -2.43. The van der Waals surface area contributed by atoms with Gasteiger partial charge < -0.3 is 23.9 Å². The van der Waals surface area contributed by atoms with Crippen molar-refractivity contribution in [2.24, 2.45) is 0 Å². The number of hydrogen-bond acceptors (Lipinski definition) is 9. The normalized spacial score (nSPS) is 21.2. The van der Waals surface area contributed by atoms with Gasteiger partial charge in [0.25, 0.3) is 0 Å². The van der Waals surface area contributed by atoms with E-state index in [2.05, 4.69) is 16.8 Å². The minimum Gasteiger partial charge on any atom is -0.462 e. The first-order chi connectivity index (χ1) is 24.3. The Bertz CT molecular complexity index is 1790. The molecule has 0 aliphatic carbocycles. The van der Waals surface area contributed by atoms with Gasteiger partial charge in [0.05, 0.1) is 12.0 Å². The summed E-state index contributed by atoms with van der Waals surface area (Å²) in [5, 5.41) is 9.92. The zero-order valence-electron chi connectivity index (χ0n) is 29.1. The SMILES string of the molecule is CN1[C@@H]2CC[C@H]1C[C@@H](OC(=O)[C@H](CO)c1ccccc1)C2.Cc1c(-c2ccccc2)oc2c(C(=O)OCCN3CCCCC3)cccc2c1=O. The second kappa shape index (κ2) is 16.6. The molecule has 3 fully saturated rings. The number of benzene rings is 3. The van der Waals surface area contributed by atoms with Gasteiger partial charge in [-0.25, -0.2) is 4.79 Å². The largest absolute Gasteiger partial charge is 0.462 e. The Hall–Kier alpha value is -4.31. The molecule has 3 aliphatic rings. The zero-order chi connectivity index (χ0) is 35.0. The van der Waals surface area contributed by atoms with Gasteiger partial charge in [0.1, 0.15) is 30.0 Å². The Labute approximate surface area is 293 Å². The summed E-state index contributed by atoms with van der Waals surface area (Å²) in [6.07, 6.45) is 7.93. The fourth-order valence-electron chi connectivity index (χ4n) is 7.57. The number of rotatable bonds is 9. The predicted octanol–water partition coefficient (Wildman–Crippen LogP) is 6.34. The van der Waals surface area contributed by atoms with Crippen LogP contribution in [-0.2, 0) is 14.3 Å². The number of para-hydroxylation sites is 1. The molecule has 1 N–H and O–H groups in total. The van der Waals surface area contributed by atoms with E-state index in [1.54, 1.807) is 25.1 Å². The molecule has 0 spiro atoms. The third-order valence-electron chi connectivity index (χ3n) is 10.5. The van der Waals surface area contributed by atoms with E-state index in [4.69, 9.17) is 13.9 Å². The third kappa shape index (κ3) is 8.18. The number of fused-ring (bicyclic) bond motifs is 3. The van der Waals surface area contributed by atoms with Gasteiger partial charge in [-0.3, -0.25) is 14.5 Å². The van der Waals surface area contributed by atoms with Crippen molar-refractivity contribution < 1.29 is 28.6 Å². The highest BCUT2D eigenvalue weighted by atomic mass is 16.5. The molecule has 0 unspecified atom stereocenters. The minimum absolute atomic E-state index is 0.00367. The Morgan fingerprint density at radius 2 is 1.56 bits per heavy atom. The first-order valence-corrected chi connectivity index (χ1v) is 17.9. The van der Waals surface area contributed by atoms with Crippen LogP contribution in [0.3, 0.4) is 0 Å². The molecule has 50 heavy (non-hydrogen) atoms. The van der Waals surface area contributed by atoms with Crippen LogP contribution in [0.1, 0.15) is 72.3 Å². The first kappa shape index (κ1) is 35.5. The lowest BCUT2D eigenvalue weighted by Gasteiger charge is -2.36. The van der Waals surface area contributed by atoms with Crippen LogP contribution in [0.25, 0.3) is 22.3 Å². The van der Waals surface area contributed by atoms with Crippen LogP contribution >= 0.6 is 0 Å². The summed E-state index contributed by atoms with van der Waals surface area (Å²) in [6, 6.07) is 25.0. The molecule has 4 heterocycles. The molecular formula is C41H48N2O7. The average molecular weight is 681 g/mol. The molecule has 3 aliphatic heterocycles. The lowest BCUT2D eigenvalue weighted by atomic mass is 9.98. The maximum atomic E-state index is 12.9. The van der Waals surface area contributed by atoms with Gasteiger partial charge in [-0.1, -0.05) is 73.2 Å². The van der Waals surface area contributed by atoms with Gasteiger partial charge in [0.15, 0.2) is 11.0 Å². The Morgan fingerprint density at radius 3 is 2.22 bits per heavy atom. The van der Waals surface area contributed by atoms with Gasteiger partial charge in [0, 0.05) is 29.8 Å². The van der Waals surface area contributed by atoms with Crippen LogP contribution < -0.4 is 5.43 Å². The van der Waals surface area contributed by atoms with Crippen LogP contribution in [-0.4, -0.2) is 84.9 Å². The third-order valence-corrected chi connectivity index (χ3v) is 10.5. The van der Waals surface area contributed by atoms with Gasteiger partial charge >= 0.3 is 11.9 Å². The molecule has 3 saturated heterocycles. The van der Waals surface area contributed by atoms with Crippen molar-refractivity contribution in [2.75, 3.05) is 39.9 Å². The van der Waals surface area contributed by atoms with E-state index < -0.39 is 11.9 Å². The van der Waals surface area contributed by atoms with E-state index in [0.29, 0.717) is 35.4 Å². The quantitative estimate of drug-likeness (QED) is 0.203. The van der Waals surface area contributed by atoms with Gasteiger partial charge in [-0.15, -0.1) is 0 Å². The van der Waals surface area contributed by atoms with Crippen molar-refractivity contribution in [3.8, 4) is 11.3 Å². The summed E-state index contributed by atoms with van der Waals surface area (Å²) in [7, 11) is 2.17. The summed E-state index contributed by atoms with van der Waals surface area (Å²) in [5.74, 6) is -0.837. The second-order valence-corrected chi connectivity index (χ2v) is 13.7. The molecule has 0 amide bonds. The maximum absolute atomic E-state index is 12.9. The van der Waals surface area contributed by atoms with E-state index in [1.807, 2.05) is 60.7 Å². The highest BCUT2D eigenvalue weighted by Crippen LogP contribution is 2.36. The van der Waals surface area contributed by atoms with Crippen molar-refractivity contribution in [1.82, 2.24) is 9.80 Å². The van der Waals surface area contributed by atoms with E-state index in [1.165, 1.54) is 32.1 Å². The molecule has 0 saturated carbocycles. The Balaban J connectivity index is 0.000000182. The minimum atomic E-state index is -0.566. The van der Waals surface area contributed by atoms with Gasteiger partial charge in [-0.2, -0.15) is 0 Å². The fourth-order valence-corrected chi connectivity index (χ4v) is 7.57. The number of carbonyl (C=O) groups is 2. The molecular weight excluding hydrogens is 632 g/mol. The van der Waals surface area contributed by atoms with E-state index in [9.17, 15) is 19.5 Å². The molecule has 1 aromatic heterocycles. The summed E-state index contributed by atoms with van der Waals surface area (Å²) in [6.45, 7) is 4.71. The number of carbonyl (C=O) groups excluding carboxylic acids is 2. The van der Waals surface area contributed by atoms with Gasteiger partial charge in [-0.05, 0) is 83.3 Å². The second-order valence-electron chi connectivity index (χ2n) is 13.7. The highest BCUT2D eigenvalue weighted by Gasteiger charge is 2.40. The Morgan fingerprint density at radius 1 is 0.900 bits per heavy atom. The number of piperidine rings is 2. The highest BCUT2D eigenvalue weighted by molar-refractivity contribution is 6.02. The molecule has 0 radical (unpaired) electrons. The van der Waals surface area contributed by atoms with E-state index in [0.717, 1.165) is 43.6 Å². The predicted molar refractivity (Wildman–Crippen MR) is 193 cm³/mol. The summed E-state index contributed by atoms with van der Waals surface area (Å²) in [5.41, 5.74) is 2.59. The van der Waals surface area contributed by atoms with Crippen molar-refractivity contribution >= 4 is 22.9 Å². The number of nitrogens with zero attached hydrogens (tertiary/aromatic N) is 2. The molecule has 4 aromatic rings. The molecule has 7 rings (SSSR count). The number of ether oxygens (including phenoxy) is 2. The zero-order valence-corrected chi connectivity index (χ0v) is 29.1. The van der Waals surface area contributed by atoms with Crippen LogP contribution in [0.4, 0.5) is 0 Å². The van der Waals surface area contributed by atoms with Crippen molar-refractivity contribution in [1.29, 1.82) is 0 Å². The smallest absolute Gasteiger partial charge is 0.342 e. The van der Waals surface area contributed by atoms with Crippen LogP contribution in [0, 0.1) is 6.92 Å². The van der Waals surface area contributed by atoms with Crippen molar-refractivity contribution in [2.45, 2.75) is 76.0 Å². The summed E-state index contributed by atoms with van der Waals surface area (Å²) < 4.78 is 17.3. The van der Waals surface area contributed by atoms with E-state index >= 15 is 0 Å². The van der Waals surface area contributed by atoms with Crippen LogP contribution in [0.2, 0.25) is 0 Å². The molecule has 4 atom stereocenters. The van der Waals surface area contributed by atoms with Crippen molar-refractivity contribution in [3.63, 3.8) is 0 Å². The number of aliphatic hydroxyl groups is 1. The molecule has 9 heteroatoms. The average Bonchev–Trinajstić information content (AvgIpc) is 3.34. The molecule has 264 valence electrons. The standard InChI is InChI=1S/C24H25NO4.C17H23NO3/c1-17-21(26)19-11-8-12-20(23(19)29-22(17)18-9-4-2-5-10-18)24(27)28-16-15-25-13-6-3-7-14-25;1-18-13-7-8-14(18)10-15(9-13)21-17(20)16(11-19)12-5-3-2-4-6-12/h2,4-5,8-12H,3,6-7,13-16H2,1H3;2-6,13-16,19H,7-11H2,1H3/t;13-,14+,15+,16-/m.1/s1. The molecule has 2 bridgehead atoms. The van der Waals surface area contributed by atoms with Crippen LogP contribution in [0.15, 0.2) is 88.1 Å². The lowest BCUT2D eigenvalue weighted by molar-refractivity contribution is -0.155. The van der Waals surface area contributed by atoms with Crippen molar-refractivity contribution in [3.05, 3.63) is 106 Å². The number of hydrogen-bond donors (Lipinski definition) is 1. The summed E-state index contributed by atoms with van der Waals surface area (Å²) in [4.78, 5) is 42.7. The van der Waals surface area contributed by atoms with Crippen LogP contribution in [0.5, 0.6) is 0 Å². The molecule has 3 aromatic carbocycles. The molecule has 9 nitrogen and oxygen atoms in total. The number of esters is 2. The first-order valence-electron chi connectivity index (χ1n) is 17.9. The topological polar surface area (TPSA) is 110 Å².